The zero-order chi connectivity index (χ0) is 20.3. The maximum absolute atomic E-state index is 12.5. The number of amides is 1. The molecule has 0 bridgehead atoms. The van der Waals surface area contributed by atoms with E-state index in [-0.39, 0.29) is 11.9 Å². The Balaban J connectivity index is 1.67. The number of hydrogen-bond acceptors (Lipinski definition) is 4. The molecule has 9 heteroatoms. The van der Waals surface area contributed by atoms with Gasteiger partial charge >= 0.3 is 0 Å². The number of thioether (sulfide) groups is 1. The molecule has 0 saturated carbocycles. The summed E-state index contributed by atoms with van der Waals surface area (Å²) in [5, 5.41) is 13.6. The highest BCUT2D eigenvalue weighted by molar-refractivity contribution is 7.98. The smallest absolute Gasteiger partial charge is 0.253 e. The van der Waals surface area contributed by atoms with E-state index in [1.807, 2.05) is 30.7 Å². The Labute approximate surface area is 182 Å². The van der Waals surface area contributed by atoms with Gasteiger partial charge in [0.2, 0.25) is 0 Å². The van der Waals surface area contributed by atoms with Gasteiger partial charge in [0.15, 0.2) is 11.0 Å². The molecule has 1 N–H and O–H groups in total. The van der Waals surface area contributed by atoms with Crippen molar-refractivity contribution in [2.45, 2.75) is 23.9 Å². The molecule has 1 atom stereocenters. The molecule has 3 aromatic rings. The van der Waals surface area contributed by atoms with Crippen molar-refractivity contribution in [3.8, 4) is 0 Å². The van der Waals surface area contributed by atoms with Crippen LogP contribution in [-0.4, -0.2) is 20.7 Å². The summed E-state index contributed by atoms with van der Waals surface area (Å²) in [7, 11) is 1.87. The van der Waals surface area contributed by atoms with E-state index in [4.69, 9.17) is 34.8 Å². The summed E-state index contributed by atoms with van der Waals surface area (Å²) in [5.41, 5.74) is 1.46. The highest BCUT2D eigenvalue weighted by Crippen LogP contribution is 2.27. The minimum absolute atomic E-state index is 0.258. The molecule has 0 saturated heterocycles. The Morgan fingerprint density at radius 1 is 1.11 bits per heavy atom. The topological polar surface area (TPSA) is 59.8 Å². The summed E-state index contributed by atoms with van der Waals surface area (Å²) in [4.78, 5) is 12.5. The van der Waals surface area contributed by atoms with E-state index in [1.54, 1.807) is 30.3 Å². The van der Waals surface area contributed by atoms with Crippen LogP contribution in [0.5, 0.6) is 0 Å². The molecule has 146 valence electrons. The molecule has 0 unspecified atom stereocenters. The SMILES string of the molecule is C[C@@H](NC(=O)c1ccccc1Cl)c1nnc(SCc2ccc(Cl)c(Cl)c2)n1C. The van der Waals surface area contributed by atoms with Crippen molar-refractivity contribution < 1.29 is 4.79 Å². The third kappa shape index (κ3) is 4.81. The van der Waals surface area contributed by atoms with E-state index < -0.39 is 0 Å². The van der Waals surface area contributed by atoms with Gasteiger partial charge in [-0.3, -0.25) is 4.79 Å². The molecule has 0 fully saturated rings. The molecule has 1 amide bonds. The van der Waals surface area contributed by atoms with Crippen LogP contribution >= 0.6 is 46.6 Å². The van der Waals surface area contributed by atoms with Crippen LogP contribution in [0.15, 0.2) is 47.6 Å². The molecule has 0 aliphatic rings. The van der Waals surface area contributed by atoms with Gasteiger partial charge in [0, 0.05) is 12.8 Å². The van der Waals surface area contributed by atoms with Gasteiger partial charge in [0.1, 0.15) is 0 Å². The number of rotatable bonds is 6. The Morgan fingerprint density at radius 3 is 2.57 bits per heavy atom. The Bertz CT molecular complexity index is 1010. The minimum atomic E-state index is -0.333. The lowest BCUT2D eigenvalue weighted by Crippen LogP contribution is -2.28. The average Bonchev–Trinajstić information content (AvgIpc) is 3.03. The molecular weight excluding hydrogens is 439 g/mol. The second kappa shape index (κ2) is 9.18. The lowest BCUT2D eigenvalue weighted by Gasteiger charge is -2.14. The summed E-state index contributed by atoms with van der Waals surface area (Å²) in [6.07, 6.45) is 0. The number of halogens is 3. The lowest BCUT2D eigenvalue weighted by molar-refractivity contribution is 0.0938. The number of hydrogen-bond donors (Lipinski definition) is 1. The number of benzene rings is 2. The number of nitrogens with zero attached hydrogens (tertiary/aromatic N) is 3. The Kier molecular flexibility index (Phi) is 6.88. The molecule has 28 heavy (non-hydrogen) atoms. The van der Waals surface area contributed by atoms with Crippen LogP contribution in [0.1, 0.15) is 34.7 Å². The molecule has 0 aliphatic heterocycles. The van der Waals surface area contributed by atoms with Crippen LogP contribution in [0.2, 0.25) is 15.1 Å². The van der Waals surface area contributed by atoms with Gasteiger partial charge in [-0.15, -0.1) is 10.2 Å². The summed E-state index contributed by atoms with van der Waals surface area (Å²) in [6, 6.07) is 12.1. The third-order valence-corrected chi connectivity index (χ3v) is 6.23. The first-order chi connectivity index (χ1) is 13.4. The molecular formula is C19H17Cl3N4OS. The molecule has 0 radical (unpaired) electrons. The first-order valence-corrected chi connectivity index (χ1v) is 10.5. The van der Waals surface area contributed by atoms with Crippen molar-refractivity contribution in [1.82, 2.24) is 20.1 Å². The number of aromatic nitrogens is 3. The molecule has 0 spiro atoms. The second-order valence-corrected chi connectivity index (χ2v) is 8.28. The largest absolute Gasteiger partial charge is 0.342 e. The van der Waals surface area contributed by atoms with E-state index >= 15 is 0 Å². The summed E-state index contributed by atoms with van der Waals surface area (Å²) < 4.78 is 1.86. The predicted octanol–water partition coefficient (Wildman–Crippen LogP) is 5.56. The summed E-state index contributed by atoms with van der Waals surface area (Å²) in [6.45, 7) is 1.85. The van der Waals surface area contributed by atoms with Gasteiger partial charge in [-0.1, -0.05) is 64.8 Å². The van der Waals surface area contributed by atoms with Gasteiger partial charge in [-0.25, -0.2) is 0 Å². The van der Waals surface area contributed by atoms with Crippen molar-refractivity contribution in [2.24, 2.45) is 7.05 Å². The van der Waals surface area contributed by atoms with E-state index in [9.17, 15) is 4.79 Å². The van der Waals surface area contributed by atoms with Gasteiger partial charge in [0.05, 0.1) is 26.7 Å². The monoisotopic (exact) mass is 454 g/mol. The van der Waals surface area contributed by atoms with Crippen LogP contribution in [0.4, 0.5) is 0 Å². The highest BCUT2D eigenvalue weighted by atomic mass is 35.5. The quantitative estimate of drug-likeness (QED) is 0.494. The Hall–Kier alpha value is -1.73. The molecule has 3 rings (SSSR count). The van der Waals surface area contributed by atoms with Crippen molar-refractivity contribution in [3.63, 3.8) is 0 Å². The van der Waals surface area contributed by atoms with Crippen LogP contribution in [0, 0.1) is 0 Å². The van der Waals surface area contributed by atoms with Crippen molar-refractivity contribution in [1.29, 1.82) is 0 Å². The minimum Gasteiger partial charge on any atom is -0.342 e. The van der Waals surface area contributed by atoms with Crippen molar-refractivity contribution in [2.75, 3.05) is 0 Å². The fraction of sp³-hybridized carbons (Fsp3) is 0.211. The molecule has 1 aromatic heterocycles. The zero-order valence-electron chi connectivity index (χ0n) is 15.1. The first-order valence-electron chi connectivity index (χ1n) is 8.38. The zero-order valence-corrected chi connectivity index (χ0v) is 18.2. The van der Waals surface area contributed by atoms with E-state index in [1.165, 1.54) is 11.8 Å². The maximum Gasteiger partial charge on any atom is 0.253 e. The number of carbonyl (C=O) groups excluding carboxylic acids is 1. The fourth-order valence-corrected chi connectivity index (χ4v) is 3.99. The number of carbonyl (C=O) groups is 1. The molecule has 5 nitrogen and oxygen atoms in total. The van der Waals surface area contributed by atoms with Gasteiger partial charge in [-0.2, -0.15) is 0 Å². The van der Waals surface area contributed by atoms with Crippen LogP contribution < -0.4 is 5.32 Å². The van der Waals surface area contributed by atoms with Gasteiger partial charge in [-0.05, 0) is 36.8 Å². The fourth-order valence-electron chi connectivity index (χ4n) is 2.59. The van der Waals surface area contributed by atoms with E-state index in [2.05, 4.69) is 15.5 Å². The van der Waals surface area contributed by atoms with Crippen molar-refractivity contribution in [3.05, 3.63) is 74.5 Å². The van der Waals surface area contributed by atoms with Crippen LogP contribution in [0.3, 0.4) is 0 Å². The molecule has 1 heterocycles. The molecule has 0 aliphatic carbocycles. The average molecular weight is 456 g/mol. The predicted molar refractivity (Wildman–Crippen MR) is 114 cm³/mol. The van der Waals surface area contributed by atoms with Gasteiger partial charge < -0.3 is 9.88 Å². The maximum atomic E-state index is 12.5. The van der Waals surface area contributed by atoms with Crippen LogP contribution in [0.25, 0.3) is 0 Å². The highest BCUT2D eigenvalue weighted by Gasteiger charge is 2.19. The third-order valence-electron chi connectivity index (χ3n) is 4.07. The molecule has 2 aromatic carbocycles. The normalized spacial score (nSPS) is 12.0. The lowest BCUT2D eigenvalue weighted by atomic mass is 10.2. The summed E-state index contributed by atoms with van der Waals surface area (Å²) in [5.74, 6) is 1.06. The number of nitrogens with one attached hydrogen (secondary N) is 1. The Morgan fingerprint density at radius 2 is 1.86 bits per heavy atom. The van der Waals surface area contributed by atoms with Crippen molar-refractivity contribution >= 4 is 52.5 Å². The van der Waals surface area contributed by atoms with Crippen LogP contribution in [-0.2, 0) is 12.8 Å². The first kappa shape index (κ1) is 21.0. The van der Waals surface area contributed by atoms with E-state index in [0.717, 1.165) is 10.7 Å². The van der Waals surface area contributed by atoms with Gasteiger partial charge in [0.25, 0.3) is 5.91 Å². The second-order valence-electron chi connectivity index (χ2n) is 6.11. The standard InChI is InChI=1S/C19H17Cl3N4OS/c1-11(23-18(27)13-5-3-4-6-14(13)20)17-24-25-19(26(17)2)28-10-12-7-8-15(21)16(22)9-12/h3-9,11H,10H2,1-2H3,(H,23,27)/t11-/m1/s1. The van der Waals surface area contributed by atoms with E-state index in [0.29, 0.717) is 32.2 Å². The summed E-state index contributed by atoms with van der Waals surface area (Å²) >= 11 is 19.6.